The highest BCUT2D eigenvalue weighted by Gasteiger charge is 2.24. The second-order valence-electron chi connectivity index (χ2n) is 11.0. The van der Waals surface area contributed by atoms with Gasteiger partial charge in [-0.3, -0.25) is 4.90 Å². The molecule has 4 aromatic carbocycles. The van der Waals surface area contributed by atoms with Crippen molar-refractivity contribution in [1.29, 1.82) is 0 Å². The average molecular weight is 574 g/mol. The van der Waals surface area contributed by atoms with E-state index in [2.05, 4.69) is 101 Å². The number of hydrogen-bond acceptors (Lipinski definition) is 6. The van der Waals surface area contributed by atoms with E-state index in [0.29, 0.717) is 0 Å². The number of fused-ring (bicyclic) bond motifs is 2. The summed E-state index contributed by atoms with van der Waals surface area (Å²) in [5.41, 5.74) is 8.06. The predicted octanol–water partition coefficient (Wildman–Crippen LogP) is 7.54. The third kappa shape index (κ3) is 5.81. The third-order valence-electron chi connectivity index (χ3n) is 7.97. The summed E-state index contributed by atoms with van der Waals surface area (Å²) in [6.45, 7) is 4.94. The van der Waals surface area contributed by atoms with Crippen LogP contribution in [0.25, 0.3) is 16.9 Å². The molecule has 0 unspecified atom stereocenters. The Morgan fingerprint density at radius 3 is 1.86 bits per heavy atom. The molecule has 1 aromatic heterocycles. The van der Waals surface area contributed by atoms with Gasteiger partial charge in [0.25, 0.3) is 0 Å². The highest BCUT2D eigenvalue weighted by molar-refractivity contribution is 5.65. The minimum absolute atomic E-state index is 0.263. The first-order valence-corrected chi connectivity index (χ1v) is 15.0. The number of rotatable bonds is 11. The summed E-state index contributed by atoms with van der Waals surface area (Å²) in [6.07, 6.45) is 3.14. The van der Waals surface area contributed by atoms with Crippen molar-refractivity contribution in [3.05, 3.63) is 119 Å². The number of para-hydroxylation sites is 1. The molecule has 7 rings (SSSR count). The van der Waals surface area contributed by atoms with E-state index in [9.17, 15) is 0 Å². The monoisotopic (exact) mass is 573 g/mol. The van der Waals surface area contributed by atoms with Gasteiger partial charge in [-0.25, -0.2) is 4.68 Å². The quantitative estimate of drug-likeness (QED) is 0.163. The highest BCUT2D eigenvalue weighted by Crippen LogP contribution is 2.36. The molecular weight excluding hydrogens is 538 g/mol. The van der Waals surface area contributed by atoms with Crippen molar-refractivity contribution in [2.45, 2.75) is 45.8 Å². The van der Waals surface area contributed by atoms with Gasteiger partial charge in [-0.2, -0.15) is 5.10 Å². The maximum absolute atomic E-state index is 5.72. The van der Waals surface area contributed by atoms with Gasteiger partial charge < -0.3 is 18.9 Å². The molecule has 2 aliphatic heterocycles. The first-order valence-electron chi connectivity index (χ1n) is 15.0. The third-order valence-corrected chi connectivity index (χ3v) is 7.97. The average Bonchev–Trinajstić information content (AvgIpc) is 3.79. The van der Waals surface area contributed by atoms with E-state index in [0.717, 1.165) is 90.0 Å². The molecule has 0 saturated heterocycles. The standard InChI is InChI=1S/C36H35N3O4/c1-2-3-14-31-30(36(28-10-6-4-7-11-28)37-39(31)29-12-8-5-9-13-29)23-38(21-26-15-17-32-34(19-26)42-24-40-32)22-27-16-18-33-35(20-27)43-25-41-33/h4-13,15-20H,2-3,14,21-25H2,1H3. The number of hydrogen-bond donors (Lipinski definition) is 0. The molecule has 0 spiro atoms. The highest BCUT2D eigenvalue weighted by atomic mass is 16.7. The lowest BCUT2D eigenvalue weighted by molar-refractivity contribution is 0.173. The number of aromatic nitrogens is 2. The molecule has 7 nitrogen and oxygen atoms in total. The summed E-state index contributed by atoms with van der Waals surface area (Å²) < 4.78 is 24.8. The Balaban J connectivity index is 1.31. The molecule has 0 saturated carbocycles. The fourth-order valence-electron chi connectivity index (χ4n) is 5.85. The molecule has 7 heteroatoms. The Hall–Kier alpha value is -4.75. The molecule has 0 bridgehead atoms. The molecule has 2 aliphatic rings. The Morgan fingerprint density at radius 1 is 0.674 bits per heavy atom. The smallest absolute Gasteiger partial charge is 0.231 e. The zero-order chi connectivity index (χ0) is 29.0. The summed E-state index contributed by atoms with van der Waals surface area (Å²) in [4.78, 5) is 2.48. The van der Waals surface area contributed by atoms with Crippen LogP contribution < -0.4 is 18.9 Å². The lowest BCUT2D eigenvalue weighted by Gasteiger charge is -2.24. The zero-order valence-corrected chi connectivity index (χ0v) is 24.4. The summed E-state index contributed by atoms with van der Waals surface area (Å²) in [5, 5.41) is 5.28. The largest absolute Gasteiger partial charge is 0.454 e. The molecule has 0 fully saturated rings. The van der Waals surface area contributed by atoms with Gasteiger partial charge in [0, 0.05) is 36.5 Å². The second-order valence-corrected chi connectivity index (χ2v) is 11.0. The number of ether oxygens (including phenoxy) is 4. The summed E-state index contributed by atoms with van der Waals surface area (Å²) in [6, 6.07) is 33.5. The molecule has 5 aromatic rings. The van der Waals surface area contributed by atoms with E-state index in [-0.39, 0.29) is 13.6 Å². The van der Waals surface area contributed by atoms with Gasteiger partial charge in [0.1, 0.15) is 0 Å². The van der Waals surface area contributed by atoms with E-state index in [4.69, 9.17) is 24.0 Å². The van der Waals surface area contributed by atoms with Gasteiger partial charge in [-0.1, -0.05) is 74.0 Å². The summed E-state index contributed by atoms with van der Waals surface area (Å²) in [5.74, 6) is 3.18. The molecule has 0 N–H and O–H groups in total. The molecule has 0 atom stereocenters. The molecule has 218 valence electrons. The Labute approximate surface area is 252 Å². The van der Waals surface area contributed by atoms with Crippen LogP contribution in [0.5, 0.6) is 23.0 Å². The van der Waals surface area contributed by atoms with E-state index in [1.165, 1.54) is 11.3 Å². The van der Waals surface area contributed by atoms with Crippen molar-refractivity contribution in [3.8, 4) is 39.9 Å². The number of unbranched alkanes of at least 4 members (excludes halogenated alkanes) is 1. The van der Waals surface area contributed by atoms with Crippen LogP contribution in [-0.4, -0.2) is 28.3 Å². The second kappa shape index (κ2) is 12.2. The molecule has 0 amide bonds. The minimum atomic E-state index is 0.263. The summed E-state index contributed by atoms with van der Waals surface area (Å²) >= 11 is 0. The fraction of sp³-hybridized carbons (Fsp3) is 0.250. The van der Waals surface area contributed by atoms with Crippen molar-refractivity contribution >= 4 is 0 Å². The van der Waals surface area contributed by atoms with Gasteiger partial charge in [0.15, 0.2) is 23.0 Å². The fourth-order valence-corrected chi connectivity index (χ4v) is 5.85. The maximum atomic E-state index is 5.72. The van der Waals surface area contributed by atoms with Crippen LogP contribution in [0.15, 0.2) is 97.1 Å². The van der Waals surface area contributed by atoms with Crippen LogP contribution in [0.2, 0.25) is 0 Å². The molecule has 43 heavy (non-hydrogen) atoms. The minimum Gasteiger partial charge on any atom is -0.454 e. The van der Waals surface area contributed by atoms with Crippen LogP contribution in [0.3, 0.4) is 0 Å². The van der Waals surface area contributed by atoms with Crippen LogP contribution in [0.1, 0.15) is 42.1 Å². The first-order chi connectivity index (χ1) is 21.2. The Morgan fingerprint density at radius 2 is 1.26 bits per heavy atom. The van der Waals surface area contributed by atoms with Gasteiger partial charge >= 0.3 is 0 Å². The Kier molecular flexibility index (Phi) is 7.71. The van der Waals surface area contributed by atoms with Crippen LogP contribution in [0, 0.1) is 0 Å². The van der Waals surface area contributed by atoms with Crippen molar-refractivity contribution in [2.75, 3.05) is 13.6 Å². The van der Waals surface area contributed by atoms with Crippen molar-refractivity contribution in [3.63, 3.8) is 0 Å². The van der Waals surface area contributed by atoms with Crippen LogP contribution in [0.4, 0.5) is 0 Å². The zero-order valence-electron chi connectivity index (χ0n) is 24.4. The van der Waals surface area contributed by atoms with E-state index in [1.54, 1.807) is 0 Å². The molecule has 0 radical (unpaired) electrons. The molecular formula is C36H35N3O4. The van der Waals surface area contributed by atoms with Crippen LogP contribution >= 0.6 is 0 Å². The van der Waals surface area contributed by atoms with Crippen molar-refractivity contribution in [2.24, 2.45) is 0 Å². The van der Waals surface area contributed by atoms with Crippen molar-refractivity contribution in [1.82, 2.24) is 14.7 Å². The van der Waals surface area contributed by atoms with Gasteiger partial charge in [-0.15, -0.1) is 0 Å². The van der Waals surface area contributed by atoms with Crippen LogP contribution in [-0.2, 0) is 26.1 Å². The number of nitrogens with zero attached hydrogens (tertiary/aromatic N) is 3. The molecule has 0 aliphatic carbocycles. The SMILES string of the molecule is CCCCc1c(CN(Cc2ccc3c(c2)OCO3)Cc2ccc3c(c2)OCO3)c(-c2ccccc2)nn1-c1ccccc1. The van der Waals surface area contributed by atoms with Gasteiger partial charge in [0.05, 0.1) is 11.4 Å². The van der Waals surface area contributed by atoms with Gasteiger partial charge in [0.2, 0.25) is 13.6 Å². The number of benzene rings is 4. The lowest BCUT2D eigenvalue weighted by atomic mass is 10.0. The predicted molar refractivity (Wildman–Crippen MR) is 166 cm³/mol. The van der Waals surface area contributed by atoms with E-state index < -0.39 is 0 Å². The van der Waals surface area contributed by atoms with E-state index in [1.807, 2.05) is 12.1 Å². The summed E-state index contributed by atoms with van der Waals surface area (Å²) in [7, 11) is 0. The normalized spacial score (nSPS) is 13.2. The first kappa shape index (κ1) is 27.1. The Bertz CT molecular complexity index is 1640. The lowest BCUT2D eigenvalue weighted by Crippen LogP contribution is -2.23. The van der Waals surface area contributed by atoms with E-state index >= 15 is 0 Å². The molecule has 3 heterocycles. The maximum Gasteiger partial charge on any atom is 0.231 e. The van der Waals surface area contributed by atoms with Gasteiger partial charge in [-0.05, 0) is 60.4 Å². The van der Waals surface area contributed by atoms with Crippen molar-refractivity contribution < 1.29 is 18.9 Å². The topological polar surface area (TPSA) is 58.0 Å².